The van der Waals surface area contributed by atoms with E-state index in [-0.39, 0.29) is 5.91 Å². The normalized spacial score (nSPS) is 24.3. The third kappa shape index (κ3) is 4.25. The molecule has 1 amide bonds. The van der Waals surface area contributed by atoms with Crippen LogP contribution in [0.4, 0.5) is 5.69 Å². The number of carbonyl (C=O) groups excluding carboxylic acids is 1. The van der Waals surface area contributed by atoms with Crippen molar-refractivity contribution in [1.82, 2.24) is 0 Å². The Morgan fingerprint density at radius 2 is 2.13 bits per heavy atom. The van der Waals surface area contributed by atoms with Gasteiger partial charge in [-0.25, -0.2) is 0 Å². The summed E-state index contributed by atoms with van der Waals surface area (Å²) in [5, 5.41) is 3.05. The molecule has 0 saturated heterocycles. The Kier molecular flexibility index (Phi) is 6.05. The molecule has 128 valence electrons. The van der Waals surface area contributed by atoms with Crippen LogP contribution in [0.25, 0.3) is 0 Å². The van der Waals surface area contributed by atoms with E-state index in [0.717, 1.165) is 36.3 Å². The lowest BCUT2D eigenvalue weighted by molar-refractivity contribution is -0.147. The quantitative estimate of drug-likeness (QED) is 0.849. The minimum atomic E-state index is -0.682. The molecule has 2 unspecified atom stereocenters. The van der Waals surface area contributed by atoms with Crippen molar-refractivity contribution in [3.05, 3.63) is 23.8 Å². The second-order valence-corrected chi connectivity index (χ2v) is 6.50. The highest BCUT2D eigenvalue weighted by Gasteiger charge is 2.42. The summed E-state index contributed by atoms with van der Waals surface area (Å²) in [5.41, 5.74) is 1.14. The molecule has 0 heterocycles. The fraction of sp³-hybridized carbons (Fsp3) is 0.632. The summed E-state index contributed by atoms with van der Waals surface area (Å²) in [6.07, 6.45) is 3.80. The van der Waals surface area contributed by atoms with E-state index in [0.29, 0.717) is 19.1 Å². The van der Waals surface area contributed by atoms with Crippen molar-refractivity contribution < 1.29 is 14.3 Å². The summed E-state index contributed by atoms with van der Waals surface area (Å²) in [6.45, 7) is 9.30. The fourth-order valence-corrected chi connectivity index (χ4v) is 3.47. The van der Waals surface area contributed by atoms with Crippen LogP contribution in [0.2, 0.25) is 0 Å². The Morgan fingerprint density at radius 3 is 2.74 bits per heavy atom. The van der Waals surface area contributed by atoms with Gasteiger partial charge < -0.3 is 14.8 Å². The minimum Gasteiger partial charge on any atom is -0.494 e. The number of rotatable bonds is 6. The molecular weight excluding hydrogens is 290 g/mol. The topological polar surface area (TPSA) is 47.6 Å². The first-order chi connectivity index (χ1) is 11.0. The maximum atomic E-state index is 12.9. The number of carbonyl (C=O) groups is 1. The first kappa shape index (κ1) is 17.8. The standard InChI is InChI=1S/C19H29NO3/c1-5-22-17-10-9-16(12-15(17)4)20-18(21)19(23-6-2)11-7-8-14(3)13-19/h9-10,12,14H,5-8,11,13H2,1-4H3,(H,20,21). The Labute approximate surface area is 139 Å². The first-order valence-corrected chi connectivity index (χ1v) is 8.69. The molecule has 2 rings (SSSR count). The van der Waals surface area contributed by atoms with Crippen LogP contribution in [-0.4, -0.2) is 24.7 Å². The lowest BCUT2D eigenvalue weighted by Crippen LogP contribution is -2.48. The minimum absolute atomic E-state index is 0.0190. The molecule has 4 nitrogen and oxygen atoms in total. The van der Waals surface area contributed by atoms with Gasteiger partial charge in [0.25, 0.3) is 5.91 Å². The molecule has 23 heavy (non-hydrogen) atoms. The van der Waals surface area contributed by atoms with Crippen LogP contribution in [-0.2, 0) is 9.53 Å². The van der Waals surface area contributed by atoms with Crippen LogP contribution in [0.15, 0.2) is 18.2 Å². The van der Waals surface area contributed by atoms with Crippen molar-refractivity contribution in [3.63, 3.8) is 0 Å². The molecule has 0 radical (unpaired) electrons. The Morgan fingerprint density at radius 1 is 1.35 bits per heavy atom. The zero-order valence-electron chi connectivity index (χ0n) is 14.8. The smallest absolute Gasteiger partial charge is 0.256 e. The summed E-state index contributed by atoms with van der Waals surface area (Å²) < 4.78 is 11.5. The largest absolute Gasteiger partial charge is 0.494 e. The number of hydrogen-bond donors (Lipinski definition) is 1. The molecule has 1 aliphatic rings. The maximum Gasteiger partial charge on any atom is 0.256 e. The average Bonchev–Trinajstić information content (AvgIpc) is 2.50. The molecular formula is C19H29NO3. The molecule has 1 aromatic carbocycles. The van der Waals surface area contributed by atoms with E-state index in [9.17, 15) is 4.79 Å². The zero-order valence-corrected chi connectivity index (χ0v) is 14.8. The molecule has 1 aromatic rings. The van der Waals surface area contributed by atoms with Crippen molar-refractivity contribution in [2.24, 2.45) is 5.92 Å². The maximum absolute atomic E-state index is 12.9. The molecule has 1 aliphatic carbocycles. The highest BCUT2D eigenvalue weighted by atomic mass is 16.5. The molecule has 0 spiro atoms. The SMILES string of the molecule is CCOc1ccc(NC(=O)C2(OCC)CCCC(C)C2)cc1C. The van der Waals surface area contributed by atoms with E-state index < -0.39 is 5.60 Å². The van der Waals surface area contributed by atoms with Gasteiger partial charge in [0.15, 0.2) is 0 Å². The van der Waals surface area contributed by atoms with Crippen LogP contribution < -0.4 is 10.1 Å². The summed E-state index contributed by atoms with van der Waals surface area (Å²) >= 11 is 0. The predicted octanol–water partition coefficient (Wildman–Crippen LogP) is 4.32. The van der Waals surface area contributed by atoms with Gasteiger partial charge in [-0.1, -0.05) is 13.3 Å². The Balaban J connectivity index is 2.13. The van der Waals surface area contributed by atoms with Crippen molar-refractivity contribution in [2.75, 3.05) is 18.5 Å². The van der Waals surface area contributed by atoms with Gasteiger partial charge in [-0.3, -0.25) is 4.79 Å². The summed E-state index contributed by atoms with van der Waals surface area (Å²) in [4.78, 5) is 12.9. The van der Waals surface area contributed by atoms with Crippen molar-refractivity contribution >= 4 is 11.6 Å². The van der Waals surface area contributed by atoms with E-state index >= 15 is 0 Å². The van der Waals surface area contributed by atoms with Gasteiger partial charge >= 0.3 is 0 Å². The molecule has 1 saturated carbocycles. The first-order valence-electron chi connectivity index (χ1n) is 8.69. The molecule has 1 N–H and O–H groups in total. The second-order valence-electron chi connectivity index (χ2n) is 6.50. The number of amides is 1. The van der Waals surface area contributed by atoms with Gasteiger partial charge in [-0.05, 0) is 69.7 Å². The highest BCUT2D eigenvalue weighted by molar-refractivity contribution is 5.97. The van der Waals surface area contributed by atoms with Gasteiger partial charge in [0.05, 0.1) is 6.61 Å². The van der Waals surface area contributed by atoms with E-state index in [1.165, 1.54) is 6.42 Å². The van der Waals surface area contributed by atoms with Gasteiger partial charge in [0.2, 0.25) is 0 Å². The van der Waals surface area contributed by atoms with Crippen LogP contribution in [0, 0.1) is 12.8 Å². The van der Waals surface area contributed by atoms with Crippen molar-refractivity contribution in [1.29, 1.82) is 0 Å². The highest BCUT2D eigenvalue weighted by Crippen LogP contribution is 2.36. The molecule has 0 bridgehead atoms. The monoisotopic (exact) mass is 319 g/mol. The van der Waals surface area contributed by atoms with Gasteiger partial charge in [0.1, 0.15) is 11.4 Å². The Hall–Kier alpha value is -1.55. The molecule has 4 heteroatoms. The number of ether oxygens (including phenoxy) is 2. The van der Waals surface area contributed by atoms with Gasteiger partial charge in [-0.2, -0.15) is 0 Å². The lowest BCUT2D eigenvalue weighted by atomic mass is 9.78. The second kappa shape index (κ2) is 7.82. The van der Waals surface area contributed by atoms with Crippen LogP contribution >= 0.6 is 0 Å². The van der Waals surface area contributed by atoms with Crippen molar-refractivity contribution in [3.8, 4) is 5.75 Å². The predicted molar refractivity (Wildman–Crippen MR) is 93.0 cm³/mol. The van der Waals surface area contributed by atoms with E-state index in [1.807, 2.05) is 39.0 Å². The van der Waals surface area contributed by atoms with Crippen molar-refractivity contribution in [2.45, 2.75) is 59.0 Å². The van der Waals surface area contributed by atoms with Crippen LogP contribution in [0.3, 0.4) is 0 Å². The van der Waals surface area contributed by atoms with Crippen LogP contribution in [0.5, 0.6) is 5.75 Å². The number of benzene rings is 1. The van der Waals surface area contributed by atoms with Gasteiger partial charge in [-0.15, -0.1) is 0 Å². The number of nitrogens with one attached hydrogen (secondary N) is 1. The number of anilines is 1. The lowest BCUT2D eigenvalue weighted by Gasteiger charge is -2.38. The molecule has 0 aliphatic heterocycles. The third-order valence-electron chi connectivity index (χ3n) is 4.52. The van der Waals surface area contributed by atoms with Gasteiger partial charge in [0, 0.05) is 12.3 Å². The molecule has 1 fully saturated rings. The van der Waals surface area contributed by atoms with Crippen LogP contribution in [0.1, 0.15) is 52.0 Å². The summed E-state index contributed by atoms with van der Waals surface area (Å²) in [5.74, 6) is 1.36. The number of hydrogen-bond acceptors (Lipinski definition) is 3. The number of aryl methyl sites for hydroxylation is 1. The zero-order chi connectivity index (χ0) is 16.9. The Bertz CT molecular complexity index is 539. The summed E-state index contributed by atoms with van der Waals surface area (Å²) in [6, 6.07) is 5.75. The fourth-order valence-electron chi connectivity index (χ4n) is 3.47. The average molecular weight is 319 g/mol. The molecule has 0 aromatic heterocycles. The van der Waals surface area contributed by atoms with E-state index in [4.69, 9.17) is 9.47 Å². The summed E-state index contributed by atoms with van der Waals surface area (Å²) in [7, 11) is 0. The van der Waals surface area contributed by atoms with E-state index in [1.54, 1.807) is 0 Å². The molecule has 2 atom stereocenters. The van der Waals surface area contributed by atoms with E-state index in [2.05, 4.69) is 12.2 Å². The third-order valence-corrected chi connectivity index (χ3v) is 4.52.